The number of imide groups is 1. The Kier molecular flexibility index (Phi) is 5.03. The average Bonchev–Trinajstić information content (AvgIpc) is 3.49. The quantitative estimate of drug-likeness (QED) is 0.461. The Labute approximate surface area is 190 Å². The van der Waals surface area contributed by atoms with Gasteiger partial charge in [-0.1, -0.05) is 30.3 Å². The molecular formula is C24H26N6O3. The zero-order valence-corrected chi connectivity index (χ0v) is 18.6. The van der Waals surface area contributed by atoms with Crippen molar-refractivity contribution in [2.75, 3.05) is 6.54 Å². The van der Waals surface area contributed by atoms with Gasteiger partial charge in [-0.05, 0) is 55.5 Å². The second-order valence-corrected chi connectivity index (χ2v) is 8.89. The number of likely N-dealkylation sites (tertiary alicyclic amines) is 1. The predicted octanol–water partition coefficient (Wildman–Crippen LogP) is 2.97. The Morgan fingerprint density at radius 2 is 2.09 bits per heavy atom. The lowest BCUT2D eigenvalue weighted by Gasteiger charge is -2.24. The van der Waals surface area contributed by atoms with Crippen molar-refractivity contribution in [3.63, 3.8) is 0 Å². The number of hydrogen-bond donors (Lipinski definition) is 4. The molecule has 3 aromatic rings. The summed E-state index contributed by atoms with van der Waals surface area (Å²) in [6.07, 6.45) is 1.77. The number of fused-ring (bicyclic) bond motifs is 1. The minimum absolute atomic E-state index is 0.0969. The number of carbonyl (C=O) groups is 3. The van der Waals surface area contributed by atoms with Crippen molar-refractivity contribution >= 4 is 29.0 Å². The number of rotatable bonds is 4. The van der Waals surface area contributed by atoms with Crippen LogP contribution < -0.4 is 16.0 Å². The molecule has 9 heteroatoms. The van der Waals surface area contributed by atoms with Gasteiger partial charge in [0.15, 0.2) is 0 Å². The van der Waals surface area contributed by atoms with Gasteiger partial charge in [0.1, 0.15) is 11.4 Å². The van der Waals surface area contributed by atoms with E-state index in [4.69, 9.17) is 4.98 Å². The van der Waals surface area contributed by atoms with Crippen molar-refractivity contribution in [3.05, 3.63) is 65.0 Å². The number of carbonyl (C=O) groups excluding carboxylic acids is 3. The van der Waals surface area contributed by atoms with Crippen LogP contribution >= 0.6 is 0 Å². The molecule has 2 fully saturated rings. The molecule has 33 heavy (non-hydrogen) atoms. The molecule has 0 aliphatic carbocycles. The number of nitrogens with one attached hydrogen (secondary N) is 4. The molecule has 2 unspecified atom stereocenters. The fourth-order valence-electron chi connectivity index (χ4n) is 4.61. The second-order valence-electron chi connectivity index (χ2n) is 8.89. The second kappa shape index (κ2) is 7.91. The summed E-state index contributed by atoms with van der Waals surface area (Å²) in [6, 6.07) is 12.6. The molecule has 2 aliphatic heterocycles. The highest BCUT2D eigenvalue weighted by Crippen LogP contribution is 2.31. The zero-order valence-electron chi connectivity index (χ0n) is 18.6. The number of aryl methyl sites for hydroxylation is 1. The molecule has 2 aromatic carbocycles. The van der Waals surface area contributed by atoms with Gasteiger partial charge in [0.05, 0.1) is 17.1 Å². The highest BCUT2D eigenvalue weighted by molar-refractivity contribution is 6.07. The summed E-state index contributed by atoms with van der Waals surface area (Å²) >= 11 is 0. The molecule has 4 N–H and O–H groups in total. The first-order valence-corrected chi connectivity index (χ1v) is 11.1. The molecule has 2 atom stereocenters. The normalized spacial score (nSPS) is 22.5. The van der Waals surface area contributed by atoms with E-state index in [0.29, 0.717) is 18.7 Å². The van der Waals surface area contributed by atoms with Crippen molar-refractivity contribution in [1.29, 1.82) is 0 Å². The highest BCUT2D eigenvalue weighted by Gasteiger charge is 2.43. The summed E-state index contributed by atoms with van der Waals surface area (Å²) in [5.74, 6) is 0.413. The predicted molar refractivity (Wildman–Crippen MR) is 122 cm³/mol. The van der Waals surface area contributed by atoms with Crippen molar-refractivity contribution in [2.24, 2.45) is 0 Å². The largest absolute Gasteiger partial charge is 0.340 e. The average molecular weight is 447 g/mol. The summed E-state index contributed by atoms with van der Waals surface area (Å²) in [5.41, 5.74) is 3.41. The van der Waals surface area contributed by atoms with Crippen molar-refractivity contribution < 1.29 is 14.4 Å². The molecule has 3 heterocycles. The third kappa shape index (κ3) is 3.79. The molecule has 0 saturated carbocycles. The van der Waals surface area contributed by atoms with Crippen LogP contribution in [0.5, 0.6) is 0 Å². The van der Waals surface area contributed by atoms with Crippen LogP contribution in [0.2, 0.25) is 0 Å². The fourth-order valence-corrected chi connectivity index (χ4v) is 4.61. The fraction of sp³-hybridized carbons (Fsp3) is 0.333. The van der Waals surface area contributed by atoms with Gasteiger partial charge in [0.2, 0.25) is 0 Å². The lowest BCUT2D eigenvalue weighted by molar-refractivity contribution is -0.123. The minimum atomic E-state index is -1.13. The van der Waals surface area contributed by atoms with Gasteiger partial charge < -0.3 is 20.5 Å². The Hall–Kier alpha value is -3.88. The molecule has 0 spiro atoms. The van der Waals surface area contributed by atoms with Gasteiger partial charge in [0, 0.05) is 13.1 Å². The Bertz CT molecular complexity index is 1270. The number of imidazole rings is 1. The van der Waals surface area contributed by atoms with Crippen LogP contribution in [-0.2, 0) is 16.9 Å². The van der Waals surface area contributed by atoms with E-state index >= 15 is 0 Å². The Morgan fingerprint density at radius 3 is 2.88 bits per heavy atom. The third-order valence-electron chi connectivity index (χ3n) is 6.48. The number of aromatic amines is 1. The highest BCUT2D eigenvalue weighted by atomic mass is 16.2. The van der Waals surface area contributed by atoms with E-state index in [1.807, 2.05) is 42.2 Å². The van der Waals surface area contributed by atoms with E-state index in [0.717, 1.165) is 40.8 Å². The number of H-pyrrole nitrogens is 1. The smallest absolute Gasteiger partial charge is 0.322 e. The third-order valence-corrected chi connectivity index (χ3v) is 6.48. The summed E-state index contributed by atoms with van der Waals surface area (Å²) in [5, 5.41) is 7.93. The molecule has 170 valence electrons. The standard InChI is InChI=1S/C24H26N6O3/c1-14-8-9-17-18(11-14)27-20(26-17)19-7-4-10-30(19)23(33)25-13-15-5-3-6-16(12-15)24(2)21(31)28-22(32)29-24/h3,5-6,8-9,11-12,19H,4,7,10,13H2,1-2H3,(H,25,33)(H,26,27)(H2,28,29,31,32). The SMILES string of the molecule is Cc1ccc2nc(C3CCCN3C(=O)NCc3cccc(C4(C)NC(=O)NC4=O)c3)[nH]c2c1. The van der Waals surface area contributed by atoms with E-state index < -0.39 is 17.5 Å². The van der Waals surface area contributed by atoms with E-state index in [1.165, 1.54) is 0 Å². The summed E-state index contributed by atoms with van der Waals surface area (Å²) in [7, 11) is 0. The van der Waals surface area contributed by atoms with Gasteiger partial charge in [-0.2, -0.15) is 0 Å². The van der Waals surface area contributed by atoms with Gasteiger partial charge in [-0.25, -0.2) is 14.6 Å². The topological polar surface area (TPSA) is 119 Å². The van der Waals surface area contributed by atoms with E-state index in [2.05, 4.69) is 27.0 Å². The van der Waals surface area contributed by atoms with Crippen LogP contribution in [0.3, 0.4) is 0 Å². The first-order chi connectivity index (χ1) is 15.8. The molecule has 2 aliphatic rings. The molecule has 2 saturated heterocycles. The van der Waals surface area contributed by atoms with Gasteiger partial charge in [-0.3, -0.25) is 10.1 Å². The Balaban J connectivity index is 1.29. The molecular weight excluding hydrogens is 420 g/mol. The molecule has 5 amide bonds. The maximum atomic E-state index is 13.0. The van der Waals surface area contributed by atoms with E-state index in [-0.39, 0.29) is 12.1 Å². The molecule has 9 nitrogen and oxygen atoms in total. The Morgan fingerprint density at radius 1 is 1.24 bits per heavy atom. The molecule has 0 radical (unpaired) electrons. The number of benzene rings is 2. The first-order valence-electron chi connectivity index (χ1n) is 11.1. The zero-order chi connectivity index (χ0) is 23.2. The number of amides is 5. The van der Waals surface area contributed by atoms with Crippen LogP contribution in [0.25, 0.3) is 11.0 Å². The first kappa shape index (κ1) is 21.0. The van der Waals surface area contributed by atoms with Crippen molar-refractivity contribution in [1.82, 2.24) is 30.8 Å². The number of nitrogens with zero attached hydrogens (tertiary/aromatic N) is 2. The summed E-state index contributed by atoms with van der Waals surface area (Å²) < 4.78 is 0. The summed E-state index contributed by atoms with van der Waals surface area (Å²) in [4.78, 5) is 46.8. The summed E-state index contributed by atoms with van der Waals surface area (Å²) in [6.45, 7) is 4.67. The minimum Gasteiger partial charge on any atom is -0.340 e. The molecule has 1 aromatic heterocycles. The van der Waals surface area contributed by atoms with Crippen LogP contribution in [0.15, 0.2) is 42.5 Å². The molecule has 0 bridgehead atoms. The van der Waals surface area contributed by atoms with Crippen molar-refractivity contribution in [3.8, 4) is 0 Å². The number of hydrogen-bond acceptors (Lipinski definition) is 4. The maximum absolute atomic E-state index is 13.0. The number of urea groups is 2. The van der Waals surface area contributed by atoms with E-state index in [1.54, 1.807) is 13.0 Å². The van der Waals surface area contributed by atoms with E-state index in [9.17, 15) is 14.4 Å². The van der Waals surface area contributed by atoms with Crippen LogP contribution in [0.1, 0.15) is 48.3 Å². The van der Waals surface area contributed by atoms with Crippen LogP contribution in [0, 0.1) is 6.92 Å². The maximum Gasteiger partial charge on any atom is 0.322 e. The lowest BCUT2D eigenvalue weighted by Crippen LogP contribution is -2.41. The van der Waals surface area contributed by atoms with Crippen LogP contribution in [0.4, 0.5) is 9.59 Å². The van der Waals surface area contributed by atoms with Gasteiger partial charge in [0.25, 0.3) is 5.91 Å². The van der Waals surface area contributed by atoms with Gasteiger partial charge in [-0.15, -0.1) is 0 Å². The van der Waals surface area contributed by atoms with Crippen LogP contribution in [-0.4, -0.2) is 39.4 Å². The molecule has 5 rings (SSSR count). The van der Waals surface area contributed by atoms with Gasteiger partial charge >= 0.3 is 12.1 Å². The lowest BCUT2D eigenvalue weighted by atomic mass is 9.91. The number of aromatic nitrogens is 2. The monoisotopic (exact) mass is 446 g/mol. The van der Waals surface area contributed by atoms with Crippen molar-refractivity contribution in [2.45, 2.75) is 44.8 Å².